The molecule has 1 aliphatic carbocycles. The Bertz CT molecular complexity index is 1220. The molecule has 0 radical (unpaired) electrons. The molecule has 0 saturated heterocycles. The Morgan fingerprint density at radius 1 is 1.12 bits per heavy atom. The first-order valence-corrected chi connectivity index (χ1v) is 9.03. The van der Waals surface area contributed by atoms with Gasteiger partial charge in [0.05, 0.1) is 5.69 Å². The molecule has 0 atom stereocenters. The third-order valence-corrected chi connectivity index (χ3v) is 4.92. The van der Waals surface area contributed by atoms with Crippen molar-refractivity contribution in [2.45, 2.75) is 18.9 Å². The van der Waals surface area contributed by atoms with Gasteiger partial charge in [-0.05, 0) is 49.2 Å². The molecule has 7 heteroatoms. The van der Waals surface area contributed by atoms with Crippen molar-refractivity contribution >= 4 is 51.1 Å². The molecule has 0 aliphatic heterocycles. The highest BCUT2D eigenvalue weighted by atomic mass is 35.5. The number of hydrogen-bond acceptors (Lipinski definition) is 4. The number of halogens is 2. The molecule has 130 valence electrons. The number of furan rings is 1. The van der Waals surface area contributed by atoms with Crippen LogP contribution in [0.4, 0.5) is 5.82 Å². The molecule has 0 unspecified atom stereocenters. The molecule has 2 aromatic carbocycles. The number of aromatic nitrogens is 2. The summed E-state index contributed by atoms with van der Waals surface area (Å²) in [6.45, 7) is 0. The van der Waals surface area contributed by atoms with Crippen molar-refractivity contribution in [2.75, 3.05) is 5.32 Å². The van der Waals surface area contributed by atoms with Crippen molar-refractivity contribution in [2.24, 2.45) is 0 Å². The van der Waals surface area contributed by atoms with E-state index in [0.29, 0.717) is 44.3 Å². The zero-order valence-corrected chi connectivity index (χ0v) is 15.0. The van der Waals surface area contributed by atoms with Crippen LogP contribution in [0.5, 0.6) is 0 Å². The zero-order chi connectivity index (χ0) is 17.8. The maximum atomic E-state index is 12.9. The fraction of sp³-hybridized carbons (Fsp3) is 0.158. The molecule has 0 bridgehead atoms. The van der Waals surface area contributed by atoms with E-state index in [4.69, 9.17) is 27.6 Å². The number of nitrogens with one attached hydrogen (secondary N) is 1. The van der Waals surface area contributed by atoms with Gasteiger partial charge in [-0.15, -0.1) is 0 Å². The number of fused-ring (bicyclic) bond motifs is 3. The lowest BCUT2D eigenvalue weighted by Crippen LogP contribution is -2.23. The van der Waals surface area contributed by atoms with Crippen molar-refractivity contribution in [1.29, 1.82) is 0 Å². The second-order valence-electron chi connectivity index (χ2n) is 6.40. The van der Waals surface area contributed by atoms with E-state index >= 15 is 0 Å². The molecule has 1 saturated carbocycles. The Hall–Kier alpha value is -2.50. The van der Waals surface area contributed by atoms with E-state index < -0.39 is 5.69 Å². The van der Waals surface area contributed by atoms with Crippen LogP contribution in [0.1, 0.15) is 12.8 Å². The van der Waals surface area contributed by atoms with Gasteiger partial charge in [-0.3, -0.25) is 4.57 Å². The number of anilines is 1. The predicted molar refractivity (Wildman–Crippen MR) is 104 cm³/mol. The predicted octanol–water partition coefficient (Wildman–Crippen LogP) is 5.01. The van der Waals surface area contributed by atoms with E-state index in [1.165, 1.54) is 4.57 Å². The molecular formula is C19H13Cl2N3O2. The topological polar surface area (TPSA) is 60.1 Å². The average Bonchev–Trinajstić information content (AvgIpc) is 3.35. The molecule has 1 aliphatic rings. The lowest BCUT2D eigenvalue weighted by Gasteiger charge is -2.10. The van der Waals surface area contributed by atoms with E-state index in [1.54, 1.807) is 36.4 Å². The van der Waals surface area contributed by atoms with Gasteiger partial charge in [-0.25, -0.2) is 4.79 Å². The highest BCUT2D eigenvalue weighted by Crippen LogP contribution is 2.36. The van der Waals surface area contributed by atoms with Crippen LogP contribution in [0.3, 0.4) is 0 Å². The number of rotatable bonds is 3. The summed E-state index contributed by atoms with van der Waals surface area (Å²) in [5.74, 6) is 0.470. The Morgan fingerprint density at radius 2 is 1.92 bits per heavy atom. The van der Waals surface area contributed by atoms with Gasteiger partial charge >= 0.3 is 5.69 Å². The van der Waals surface area contributed by atoms with Crippen LogP contribution in [0, 0.1) is 0 Å². The van der Waals surface area contributed by atoms with Gasteiger partial charge in [0.2, 0.25) is 0 Å². The van der Waals surface area contributed by atoms with Gasteiger partial charge in [0.15, 0.2) is 11.4 Å². The fourth-order valence-electron chi connectivity index (χ4n) is 3.11. The molecule has 1 N–H and O–H groups in total. The van der Waals surface area contributed by atoms with Crippen LogP contribution in [-0.2, 0) is 0 Å². The second-order valence-corrected chi connectivity index (χ2v) is 7.27. The third-order valence-electron chi connectivity index (χ3n) is 4.45. The summed E-state index contributed by atoms with van der Waals surface area (Å²) >= 11 is 12.3. The fourth-order valence-corrected chi connectivity index (χ4v) is 3.46. The highest BCUT2D eigenvalue weighted by molar-refractivity contribution is 6.32. The second kappa shape index (κ2) is 5.76. The maximum Gasteiger partial charge on any atom is 0.354 e. The monoisotopic (exact) mass is 385 g/mol. The minimum atomic E-state index is -0.398. The Kier molecular flexibility index (Phi) is 3.48. The van der Waals surface area contributed by atoms with Crippen molar-refractivity contribution < 1.29 is 4.42 Å². The molecule has 2 heterocycles. The third kappa shape index (κ3) is 2.55. The molecule has 5 nitrogen and oxygen atoms in total. The Balaban J connectivity index is 1.91. The minimum absolute atomic E-state index is 0.337. The van der Waals surface area contributed by atoms with Crippen LogP contribution in [0.25, 0.3) is 27.8 Å². The molecule has 5 rings (SSSR count). The smallest absolute Gasteiger partial charge is 0.354 e. The van der Waals surface area contributed by atoms with E-state index in [-0.39, 0.29) is 0 Å². The Morgan fingerprint density at radius 3 is 2.69 bits per heavy atom. The average molecular weight is 386 g/mol. The van der Waals surface area contributed by atoms with E-state index in [9.17, 15) is 4.79 Å². The van der Waals surface area contributed by atoms with E-state index in [2.05, 4.69) is 10.3 Å². The van der Waals surface area contributed by atoms with Gasteiger partial charge in [-0.1, -0.05) is 29.3 Å². The largest absolute Gasteiger partial charge is 0.450 e. The molecule has 2 aromatic heterocycles. The standard InChI is InChI=1S/C19H13Cl2N3O2/c20-10-2-1-3-13(8-10)24-16-14-9-11(21)4-7-15(14)26-17(16)18(23-19(24)25)22-12-5-6-12/h1-4,7-9,12H,5-6H2,(H,22,23,25). The molecular weight excluding hydrogens is 373 g/mol. The quantitative estimate of drug-likeness (QED) is 0.538. The lowest BCUT2D eigenvalue weighted by molar-refractivity contribution is 0.664. The van der Waals surface area contributed by atoms with Crippen LogP contribution in [-0.4, -0.2) is 15.6 Å². The van der Waals surface area contributed by atoms with Crippen LogP contribution in [0.2, 0.25) is 10.0 Å². The van der Waals surface area contributed by atoms with Crippen molar-refractivity contribution in [3.63, 3.8) is 0 Å². The summed E-state index contributed by atoms with van der Waals surface area (Å²) in [5, 5.41) is 5.15. The van der Waals surface area contributed by atoms with Crippen LogP contribution >= 0.6 is 23.2 Å². The molecule has 26 heavy (non-hydrogen) atoms. The van der Waals surface area contributed by atoms with Crippen LogP contribution < -0.4 is 11.0 Å². The number of benzene rings is 2. The normalized spacial score (nSPS) is 14.2. The summed E-state index contributed by atoms with van der Waals surface area (Å²) in [7, 11) is 0. The summed E-state index contributed by atoms with van der Waals surface area (Å²) in [6, 6.07) is 12.8. The Labute approximate surface area is 158 Å². The van der Waals surface area contributed by atoms with Crippen LogP contribution in [0.15, 0.2) is 51.7 Å². The zero-order valence-electron chi connectivity index (χ0n) is 13.5. The van der Waals surface area contributed by atoms with Gasteiger partial charge in [0, 0.05) is 21.5 Å². The van der Waals surface area contributed by atoms with Gasteiger partial charge < -0.3 is 9.73 Å². The van der Waals surface area contributed by atoms with Gasteiger partial charge in [0.1, 0.15) is 11.1 Å². The summed E-state index contributed by atoms with van der Waals surface area (Å²) < 4.78 is 7.55. The van der Waals surface area contributed by atoms with Crippen molar-refractivity contribution in [3.05, 3.63) is 63.0 Å². The van der Waals surface area contributed by atoms with Gasteiger partial charge in [-0.2, -0.15) is 4.98 Å². The first kappa shape index (κ1) is 15.7. The van der Waals surface area contributed by atoms with Crippen molar-refractivity contribution in [3.8, 4) is 5.69 Å². The first-order chi connectivity index (χ1) is 12.6. The molecule has 0 amide bonds. The molecule has 4 aromatic rings. The van der Waals surface area contributed by atoms with Crippen molar-refractivity contribution in [1.82, 2.24) is 9.55 Å². The SMILES string of the molecule is O=c1nc(NC2CC2)c2oc3ccc(Cl)cc3c2n1-c1cccc(Cl)c1. The lowest BCUT2D eigenvalue weighted by atomic mass is 10.2. The minimum Gasteiger partial charge on any atom is -0.450 e. The molecule has 0 spiro atoms. The van der Waals surface area contributed by atoms with Gasteiger partial charge in [0.25, 0.3) is 0 Å². The first-order valence-electron chi connectivity index (χ1n) is 8.27. The highest BCUT2D eigenvalue weighted by Gasteiger charge is 2.26. The summed E-state index contributed by atoms with van der Waals surface area (Å²) in [4.78, 5) is 17.1. The van der Waals surface area contributed by atoms with E-state index in [0.717, 1.165) is 18.2 Å². The summed E-state index contributed by atoms with van der Waals surface area (Å²) in [6.07, 6.45) is 2.12. The number of nitrogens with zero attached hydrogens (tertiary/aromatic N) is 2. The maximum absolute atomic E-state index is 12.9. The van der Waals surface area contributed by atoms with E-state index in [1.807, 2.05) is 6.07 Å². The molecule has 1 fully saturated rings. The number of hydrogen-bond donors (Lipinski definition) is 1. The summed E-state index contributed by atoms with van der Waals surface area (Å²) in [5.41, 5.74) is 2.04.